The number of H-pyrrole nitrogens is 1. The third-order valence-corrected chi connectivity index (χ3v) is 3.95. The molecule has 0 unspecified atom stereocenters. The molecule has 0 aliphatic heterocycles. The monoisotopic (exact) mass is 328 g/mol. The van der Waals surface area contributed by atoms with Gasteiger partial charge < -0.3 is 10.3 Å². The van der Waals surface area contributed by atoms with Gasteiger partial charge in [0.1, 0.15) is 11.5 Å². The largest absolute Gasteiger partial charge is 0.369 e. The van der Waals surface area contributed by atoms with Gasteiger partial charge in [-0.2, -0.15) is 0 Å². The molecule has 0 amide bonds. The number of hydrogen-bond donors (Lipinski definition) is 2. The summed E-state index contributed by atoms with van der Waals surface area (Å²) in [6.45, 7) is 7.35. The van der Waals surface area contributed by atoms with Crippen molar-refractivity contribution in [3.8, 4) is 11.4 Å². The van der Waals surface area contributed by atoms with Crippen LogP contribution in [-0.2, 0) is 0 Å². The van der Waals surface area contributed by atoms with Crippen molar-refractivity contribution >= 4 is 28.5 Å². The predicted octanol–water partition coefficient (Wildman–Crippen LogP) is 5.04. The van der Waals surface area contributed by atoms with Crippen molar-refractivity contribution in [2.75, 3.05) is 11.9 Å². The Morgan fingerprint density at radius 1 is 1.22 bits per heavy atom. The van der Waals surface area contributed by atoms with Gasteiger partial charge in [-0.1, -0.05) is 37.6 Å². The van der Waals surface area contributed by atoms with Crippen molar-refractivity contribution in [2.24, 2.45) is 5.92 Å². The Hall–Kier alpha value is -2.07. The van der Waals surface area contributed by atoms with Gasteiger partial charge in [-0.25, -0.2) is 9.97 Å². The fourth-order valence-corrected chi connectivity index (χ4v) is 2.70. The summed E-state index contributed by atoms with van der Waals surface area (Å²) >= 11 is 6.10. The lowest BCUT2D eigenvalue weighted by Crippen LogP contribution is -2.07. The van der Waals surface area contributed by atoms with Crippen LogP contribution in [0.3, 0.4) is 0 Å². The minimum atomic E-state index is 0.653. The zero-order valence-corrected chi connectivity index (χ0v) is 14.4. The number of fused-ring (bicyclic) bond motifs is 1. The van der Waals surface area contributed by atoms with E-state index in [0.717, 1.165) is 41.1 Å². The predicted molar refractivity (Wildman–Crippen MR) is 97.0 cm³/mol. The van der Waals surface area contributed by atoms with Crippen LogP contribution in [0.15, 0.2) is 30.3 Å². The van der Waals surface area contributed by atoms with Crippen LogP contribution in [0.1, 0.15) is 26.0 Å². The number of aromatic nitrogens is 3. The second-order valence-electron chi connectivity index (χ2n) is 6.23. The summed E-state index contributed by atoms with van der Waals surface area (Å²) in [7, 11) is 0. The van der Waals surface area contributed by atoms with E-state index in [2.05, 4.69) is 35.2 Å². The maximum absolute atomic E-state index is 6.10. The maximum Gasteiger partial charge on any atom is 0.163 e. The molecule has 0 aliphatic rings. The first-order chi connectivity index (χ1) is 11.0. The van der Waals surface area contributed by atoms with Gasteiger partial charge in [0, 0.05) is 22.8 Å². The number of rotatable bonds is 5. The van der Waals surface area contributed by atoms with Gasteiger partial charge in [0.2, 0.25) is 0 Å². The molecule has 0 saturated heterocycles. The van der Waals surface area contributed by atoms with Crippen LogP contribution >= 0.6 is 11.6 Å². The molecule has 0 radical (unpaired) electrons. The average Bonchev–Trinajstić information content (AvgIpc) is 2.87. The Kier molecular flexibility index (Phi) is 4.53. The summed E-state index contributed by atoms with van der Waals surface area (Å²) in [6, 6.07) is 9.70. The zero-order valence-electron chi connectivity index (χ0n) is 13.7. The van der Waals surface area contributed by atoms with E-state index >= 15 is 0 Å². The van der Waals surface area contributed by atoms with Crippen LogP contribution in [0.4, 0.5) is 5.82 Å². The number of halogens is 1. The lowest BCUT2D eigenvalue weighted by molar-refractivity contribution is 0.607. The quantitative estimate of drug-likeness (QED) is 0.689. The maximum atomic E-state index is 6.10. The molecule has 4 nitrogen and oxygen atoms in total. The summed E-state index contributed by atoms with van der Waals surface area (Å²) in [5.74, 6) is 2.20. The molecule has 0 aliphatic carbocycles. The van der Waals surface area contributed by atoms with Crippen molar-refractivity contribution < 1.29 is 0 Å². The van der Waals surface area contributed by atoms with Gasteiger partial charge in [0.05, 0.1) is 5.39 Å². The van der Waals surface area contributed by atoms with E-state index in [-0.39, 0.29) is 0 Å². The van der Waals surface area contributed by atoms with Gasteiger partial charge in [-0.15, -0.1) is 0 Å². The molecule has 5 heteroatoms. The molecular formula is C18H21ClN4. The van der Waals surface area contributed by atoms with E-state index in [0.29, 0.717) is 16.8 Å². The molecule has 0 bridgehead atoms. The third kappa shape index (κ3) is 3.64. The molecule has 23 heavy (non-hydrogen) atoms. The van der Waals surface area contributed by atoms with E-state index in [1.54, 1.807) is 0 Å². The van der Waals surface area contributed by atoms with E-state index in [1.165, 1.54) is 0 Å². The van der Waals surface area contributed by atoms with Crippen molar-refractivity contribution in [3.63, 3.8) is 0 Å². The van der Waals surface area contributed by atoms with Crippen molar-refractivity contribution in [1.82, 2.24) is 15.0 Å². The van der Waals surface area contributed by atoms with Crippen molar-refractivity contribution in [3.05, 3.63) is 41.0 Å². The first-order valence-corrected chi connectivity index (χ1v) is 8.28. The standard InChI is InChI=1S/C18H21ClN4/c1-11(2)7-8-20-17-15-9-12(3)21-18(15)23-16(22-17)13-5-4-6-14(19)10-13/h4-6,9-11H,7-8H2,1-3H3,(H2,20,21,22,23). The van der Waals surface area contributed by atoms with Crippen LogP contribution in [0.5, 0.6) is 0 Å². The molecule has 120 valence electrons. The van der Waals surface area contributed by atoms with E-state index in [9.17, 15) is 0 Å². The van der Waals surface area contributed by atoms with Gasteiger partial charge in [-0.05, 0) is 37.5 Å². The number of benzene rings is 1. The van der Waals surface area contributed by atoms with Gasteiger partial charge in [0.25, 0.3) is 0 Å². The highest BCUT2D eigenvalue weighted by Gasteiger charge is 2.11. The van der Waals surface area contributed by atoms with Crippen LogP contribution in [0.25, 0.3) is 22.4 Å². The molecule has 3 aromatic rings. The number of hydrogen-bond acceptors (Lipinski definition) is 3. The van der Waals surface area contributed by atoms with Crippen molar-refractivity contribution in [1.29, 1.82) is 0 Å². The molecule has 3 rings (SSSR count). The Morgan fingerprint density at radius 2 is 2.04 bits per heavy atom. The average molecular weight is 329 g/mol. The molecule has 2 N–H and O–H groups in total. The Labute approximate surface area is 141 Å². The van der Waals surface area contributed by atoms with Gasteiger partial charge in [0.15, 0.2) is 5.82 Å². The second-order valence-corrected chi connectivity index (χ2v) is 6.67. The van der Waals surface area contributed by atoms with E-state index < -0.39 is 0 Å². The Bertz CT molecular complexity index is 823. The molecule has 1 aromatic carbocycles. The molecular weight excluding hydrogens is 308 g/mol. The Morgan fingerprint density at radius 3 is 2.78 bits per heavy atom. The number of aryl methyl sites for hydroxylation is 1. The lowest BCUT2D eigenvalue weighted by Gasteiger charge is -2.10. The highest BCUT2D eigenvalue weighted by Crippen LogP contribution is 2.27. The summed E-state index contributed by atoms with van der Waals surface area (Å²) in [4.78, 5) is 12.7. The fourth-order valence-electron chi connectivity index (χ4n) is 2.51. The van der Waals surface area contributed by atoms with Gasteiger partial charge >= 0.3 is 0 Å². The number of nitrogens with one attached hydrogen (secondary N) is 2. The fraction of sp³-hybridized carbons (Fsp3) is 0.333. The highest BCUT2D eigenvalue weighted by molar-refractivity contribution is 6.30. The summed E-state index contributed by atoms with van der Waals surface area (Å²) in [5.41, 5.74) is 2.84. The topological polar surface area (TPSA) is 53.6 Å². The highest BCUT2D eigenvalue weighted by atomic mass is 35.5. The Balaban J connectivity index is 2.02. The smallest absolute Gasteiger partial charge is 0.163 e. The van der Waals surface area contributed by atoms with Crippen molar-refractivity contribution in [2.45, 2.75) is 27.2 Å². The first-order valence-electron chi connectivity index (χ1n) is 7.90. The van der Waals surface area contributed by atoms with Crippen LogP contribution < -0.4 is 5.32 Å². The SMILES string of the molecule is Cc1cc2c(NCCC(C)C)nc(-c3cccc(Cl)c3)nc2[nH]1. The normalized spacial score (nSPS) is 11.3. The number of aromatic amines is 1. The number of anilines is 1. The number of nitrogens with zero attached hydrogens (tertiary/aromatic N) is 2. The second kappa shape index (κ2) is 6.59. The molecule has 2 aromatic heterocycles. The summed E-state index contributed by atoms with van der Waals surface area (Å²) in [6.07, 6.45) is 1.10. The van der Waals surface area contributed by atoms with Crippen LogP contribution in [0, 0.1) is 12.8 Å². The van der Waals surface area contributed by atoms with Gasteiger partial charge in [-0.3, -0.25) is 0 Å². The van der Waals surface area contributed by atoms with E-state index in [4.69, 9.17) is 16.6 Å². The summed E-state index contributed by atoms with van der Waals surface area (Å²) in [5, 5.41) is 5.16. The minimum absolute atomic E-state index is 0.653. The summed E-state index contributed by atoms with van der Waals surface area (Å²) < 4.78 is 0. The van der Waals surface area contributed by atoms with Crippen LogP contribution in [-0.4, -0.2) is 21.5 Å². The van der Waals surface area contributed by atoms with Crippen LogP contribution in [0.2, 0.25) is 5.02 Å². The lowest BCUT2D eigenvalue weighted by atomic mass is 10.1. The molecule has 0 spiro atoms. The molecule has 2 heterocycles. The molecule has 0 fully saturated rings. The van der Waals surface area contributed by atoms with E-state index in [1.807, 2.05) is 31.2 Å². The molecule has 0 saturated carbocycles. The zero-order chi connectivity index (χ0) is 16.4. The first kappa shape index (κ1) is 15.8. The molecule has 0 atom stereocenters. The minimum Gasteiger partial charge on any atom is -0.369 e. The third-order valence-electron chi connectivity index (χ3n) is 3.72.